The number of aryl methyl sites for hydroxylation is 2. The zero-order chi connectivity index (χ0) is 15.5. The van der Waals surface area contributed by atoms with Crippen molar-refractivity contribution in [2.45, 2.75) is 34.1 Å². The second-order valence-corrected chi connectivity index (χ2v) is 6.32. The number of hydrogen-bond acceptors (Lipinski definition) is 1. The lowest BCUT2D eigenvalue weighted by molar-refractivity contribution is -0.123. The van der Waals surface area contributed by atoms with Crippen molar-refractivity contribution in [2.75, 3.05) is 5.32 Å². The Morgan fingerprint density at radius 3 is 2.33 bits per heavy atom. The van der Waals surface area contributed by atoms with Crippen LogP contribution in [-0.2, 0) is 11.2 Å². The fraction of sp³-hybridized carbons (Fsp3) is 0.316. The van der Waals surface area contributed by atoms with Gasteiger partial charge in [-0.1, -0.05) is 61.9 Å². The van der Waals surface area contributed by atoms with Crippen LogP contribution in [0, 0.1) is 19.3 Å². The molecule has 0 bridgehead atoms. The van der Waals surface area contributed by atoms with Crippen LogP contribution in [0.1, 0.15) is 30.5 Å². The SMILES string of the molecule is Cc1ccc(NC(=O)C(C)(C)Cc2ccccc2)c(C)c1. The van der Waals surface area contributed by atoms with Crippen molar-refractivity contribution >= 4 is 11.6 Å². The lowest BCUT2D eigenvalue weighted by Crippen LogP contribution is -2.33. The minimum absolute atomic E-state index is 0.0540. The Bertz CT molecular complexity index is 629. The zero-order valence-corrected chi connectivity index (χ0v) is 13.2. The smallest absolute Gasteiger partial charge is 0.230 e. The Morgan fingerprint density at radius 2 is 1.71 bits per heavy atom. The predicted octanol–water partition coefficient (Wildman–Crippen LogP) is 4.51. The number of rotatable bonds is 4. The monoisotopic (exact) mass is 281 g/mol. The summed E-state index contributed by atoms with van der Waals surface area (Å²) in [5.41, 5.74) is 3.93. The molecule has 0 aromatic heterocycles. The lowest BCUT2D eigenvalue weighted by Gasteiger charge is -2.24. The molecule has 0 aliphatic carbocycles. The van der Waals surface area contributed by atoms with Gasteiger partial charge in [0.1, 0.15) is 0 Å². The van der Waals surface area contributed by atoms with E-state index < -0.39 is 5.41 Å². The third-order valence-corrected chi connectivity index (χ3v) is 3.73. The molecule has 0 heterocycles. The van der Waals surface area contributed by atoms with Crippen molar-refractivity contribution in [1.82, 2.24) is 0 Å². The third-order valence-electron chi connectivity index (χ3n) is 3.73. The van der Waals surface area contributed by atoms with Crippen molar-refractivity contribution in [1.29, 1.82) is 0 Å². The van der Waals surface area contributed by atoms with Crippen LogP contribution >= 0.6 is 0 Å². The number of carbonyl (C=O) groups excluding carboxylic acids is 1. The van der Waals surface area contributed by atoms with Crippen LogP contribution in [0.2, 0.25) is 0 Å². The Hall–Kier alpha value is -2.09. The zero-order valence-electron chi connectivity index (χ0n) is 13.2. The molecule has 110 valence electrons. The second-order valence-electron chi connectivity index (χ2n) is 6.32. The average Bonchev–Trinajstić information content (AvgIpc) is 2.42. The number of anilines is 1. The summed E-state index contributed by atoms with van der Waals surface area (Å²) in [4.78, 5) is 12.6. The third kappa shape index (κ3) is 3.94. The summed E-state index contributed by atoms with van der Waals surface area (Å²) in [6.45, 7) is 8.04. The van der Waals surface area contributed by atoms with E-state index in [1.54, 1.807) is 0 Å². The summed E-state index contributed by atoms with van der Waals surface area (Å²) >= 11 is 0. The van der Waals surface area contributed by atoms with E-state index in [0.717, 1.165) is 17.7 Å². The Morgan fingerprint density at radius 1 is 1.05 bits per heavy atom. The first-order valence-corrected chi connectivity index (χ1v) is 7.31. The number of nitrogens with one attached hydrogen (secondary N) is 1. The van der Waals surface area contributed by atoms with Crippen LogP contribution in [-0.4, -0.2) is 5.91 Å². The molecule has 0 fully saturated rings. The highest BCUT2D eigenvalue weighted by Gasteiger charge is 2.28. The molecule has 0 radical (unpaired) electrons. The first-order chi connectivity index (χ1) is 9.88. The quantitative estimate of drug-likeness (QED) is 0.877. The fourth-order valence-electron chi connectivity index (χ4n) is 2.43. The van der Waals surface area contributed by atoms with Crippen LogP contribution in [0.5, 0.6) is 0 Å². The van der Waals surface area contributed by atoms with E-state index in [1.807, 2.05) is 51.1 Å². The van der Waals surface area contributed by atoms with E-state index in [0.29, 0.717) is 0 Å². The Labute approximate surface area is 127 Å². The van der Waals surface area contributed by atoms with Crippen molar-refractivity contribution in [3.8, 4) is 0 Å². The molecule has 0 unspecified atom stereocenters. The summed E-state index contributed by atoms with van der Waals surface area (Å²) in [7, 11) is 0. The van der Waals surface area contributed by atoms with Gasteiger partial charge in [0, 0.05) is 11.1 Å². The van der Waals surface area contributed by atoms with Gasteiger partial charge in [-0.15, -0.1) is 0 Å². The molecule has 2 nitrogen and oxygen atoms in total. The van der Waals surface area contributed by atoms with E-state index in [2.05, 4.69) is 30.4 Å². The normalized spacial score (nSPS) is 11.2. The summed E-state index contributed by atoms with van der Waals surface area (Å²) < 4.78 is 0. The van der Waals surface area contributed by atoms with Crippen LogP contribution in [0.25, 0.3) is 0 Å². The summed E-state index contributed by atoms with van der Waals surface area (Å²) in [5.74, 6) is 0.0540. The van der Waals surface area contributed by atoms with Crippen molar-refractivity contribution < 1.29 is 4.79 Å². The number of hydrogen-bond donors (Lipinski definition) is 1. The molecule has 0 aliphatic heterocycles. The van der Waals surface area contributed by atoms with Gasteiger partial charge in [0.25, 0.3) is 0 Å². The molecule has 2 rings (SSSR count). The standard InChI is InChI=1S/C19H23NO/c1-14-10-11-17(15(2)12-14)20-18(21)19(3,4)13-16-8-6-5-7-9-16/h5-12H,13H2,1-4H3,(H,20,21). The van der Waals surface area contributed by atoms with E-state index in [1.165, 1.54) is 11.1 Å². The maximum atomic E-state index is 12.6. The molecule has 2 aromatic carbocycles. The Kier molecular flexibility index (Phi) is 4.46. The molecule has 2 aromatic rings. The number of benzene rings is 2. The van der Waals surface area contributed by atoms with Crippen LogP contribution in [0.3, 0.4) is 0 Å². The second kappa shape index (κ2) is 6.13. The summed E-state index contributed by atoms with van der Waals surface area (Å²) in [6.07, 6.45) is 0.727. The number of amides is 1. The molecule has 0 atom stereocenters. The summed E-state index contributed by atoms with van der Waals surface area (Å²) in [6, 6.07) is 16.2. The lowest BCUT2D eigenvalue weighted by atomic mass is 9.84. The number of carbonyl (C=O) groups is 1. The van der Waals surface area contributed by atoms with Crippen molar-refractivity contribution in [3.63, 3.8) is 0 Å². The molecule has 0 saturated heterocycles. The highest BCUT2D eigenvalue weighted by Crippen LogP contribution is 2.25. The largest absolute Gasteiger partial charge is 0.325 e. The highest BCUT2D eigenvalue weighted by molar-refractivity contribution is 5.95. The van der Waals surface area contributed by atoms with Gasteiger partial charge in [0.15, 0.2) is 0 Å². The molecule has 0 saturated carbocycles. The van der Waals surface area contributed by atoms with Crippen molar-refractivity contribution in [3.05, 3.63) is 65.2 Å². The maximum absolute atomic E-state index is 12.6. The van der Waals surface area contributed by atoms with Gasteiger partial charge in [-0.2, -0.15) is 0 Å². The van der Waals surface area contributed by atoms with E-state index >= 15 is 0 Å². The average molecular weight is 281 g/mol. The van der Waals surface area contributed by atoms with Gasteiger partial charge >= 0.3 is 0 Å². The molecule has 1 N–H and O–H groups in total. The molecular formula is C19H23NO. The molecule has 0 aliphatic rings. The Balaban J connectivity index is 2.11. The first-order valence-electron chi connectivity index (χ1n) is 7.31. The molecule has 0 spiro atoms. The first kappa shape index (κ1) is 15.3. The van der Waals surface area contributed by atoms with E-state index in [9.17, 15) is 4.79 Å². The molecular weight excluding hydrogens is 258 g/mol. The van der Waals surface area contributed by atoms with Crippen molar-refractivity contribution in [2.24, 2.45) is 5.41 Å². The fourth-order valence-corrected chi connectivity index (χ4v) is 2.43. The van der Waals surface area contributed by atoms with E-state index in [4.69, 9.17) is 0 Å². The maximum Gasteiger partial charge on any atom is 0.230 e. The summed E-state index contributed by atoms with van der Waals surface area (Å²) in [5, 5.41) is 3.06. The van der Waals surface area contributed by atoms with Gasteiger partial charge < -0.3 is 5.32 Å². The van der Waals surface area contributed by atoms with Gasteiger partial charge in [-0.05, 0) is 37.5 Å². The minimum Gasteiger partial charge on any atom is -0.325 e. The topological polar surface area (TPSA) is 29.1 Å². The highest BCUT2D eigenvalue weighted by atomic mass is 16.2. The van der Waals surface area contributed by atoms with E-state index in [-0.39, 0.29) is 5.91 Å². The van der Waals surface area contributed by atoms with Gasteiger partial charge in [0.2, 0.25) is 5.91 Å². The minimum atomic E-state index is -0.446. The molecule has 21 heavy (non-hydrogen) atoms. The molecule has 2 heteroatoms. The van der Waals surface area contributed by atoms with Crippen LogP contribution < -0.4 is 5.32 Å². The van der Waals surface area contributed by atoms with Gasteiger partial charge in [-0.3, -0.25) is 4.79 Å². The molecule has 1 amide bonds. The van der Waals surface area contributed by atoms with Gasteiger partial charge in [-0.25, -0.2) is 0 Å². The van der Waals surface area contributed by atoms with Gasteiger partial charge in [0.05, 0.1) is 0 Å². The van der Waals surface area contributed by atoms with Crippen LogP contribution in [0.15, 0.2) is 48.5 Å². The van der Waals surface area contributed by atoms with Crippen LogP contribution in [0.4, 0.5) is 5.69 Å². The predicted molar refractivity (Wildman–Crippen MR) is 88.5 cm³/mol.